The fraction of sp³-hybridized carbons (Fsp3) is 0.875. The smallest absolute Gasteiger partial charge is 0.0407 e. The molecule has 0 aliphatic rings. The molecule has 0 aliphatic heterocycles. The van der Waals surface area contributed by atoms with Crippen LogP contribution in [0.3, 0.4) is 0 Å². The highest BCUT2D eigenvalue weighted by Crippen LogP contribution is 2.10. The summed E-state index contributed by atoms with van der Waals surface area (Å²) in [5.41, 5.74) is 0. The molecule has 0 radical (unpaired) electrons. The lowest BCUT2D eigenvalue weighted by molar-refractivity contribution is 0.448. The molecule has 0 aromatic carbocycles. The van der Waals surface area contributed by atoms with Crippen LogP contribution in [-0.2, 0) is 0 Å². The third kappa shape index (κ3) is 5.54. The van der Waals surface area contributed by atoms with E-state index in [1.807, 2.05) is 0 Å². The molecule has 0 bridgehead atoms. The van der Waals surface area contributed by atoms with E-state index in [1.165, 1.54) is 6.42 Å². The molecule has 0 fully saturated rings. The van der Waals surface area contributed by atoms with Crippen molar-refractivity contribution < 1.29 is 0 Å². The van der Waals surface area contributed by atoms with Gasteiger partial charge in [0.15, 0.2) is 0 Å². The predicted molar refractivity (Wildman–Crippen MR) is 43.0 cm³/mol. The first-order valence-electron chi connectivity index (χ1n) is 3.59. The van der Waals surface area contributed by atoms with Crippen LogP contribution in [0.15, 0.2) is 4.99 Å². The highest BCUT2D eigenvalue weighted by atomic mass is 14.7. The molecule has 1 atom stereocenters. The molecule has 1 nitrogen and oxygen atoms in total. The molecule has 0 N–H and O–H groups in total. The van der Waals surface area contributed by atoms with E-state index in [-0.39, 0.29) is 0 Å². The number of rotatable bonds is 4. The monoisotopic (exact) mass is 127 g/mol. The average molecular weight is 127 g/mol. The maximum Gasteiger partial charge on any atom is 0.0407 e. The standard InChI is InChI=1S/C8H17N/c1-7(2)5-8(3)6-9-4/h7-8H,4-6H2,1-3H3. The molecule has 0 aliphatic carbocycles. The molecule has 0 aromatic heterocycles. The van der Waals surface area contributed by atoms with Gasteiger partial charge in [0.25, 0.3) is 0 Å². The van der Waals surface area contributed by atoms with Crippen molar-refractivity contribution in [2.24, 2.45) is 16.8 Å². The summed E-state index contributed by atoms with van der Waals surface area (Å²) in [7, 11) is 0. The third-order valence-electron chi connectivity index (χ3n) is 1.31. The summed E-state index contributed by atoms with van der Waals surface area (Å²) in [4.78, 5) is 3.84. The maximum absolute atomic E-state index is 3.84. The Morgan fingerprint density at radius 3 is 2.22 bits per heavy atom. The molecule has 0 heterocycles. The van der Waals surface area contributed by atoms with Crippen molar-refractivity contribution >= 4 is 6.72 Å². The van der Waals surface area contributed by atoms with Crippen LogP contribution in [-0.4, -0.2) is 13.3 Å². The predicted octanol–water partition coefficient (Wildman–Crippen LogP) is 2.37. The van der Waals surface area contributed by atoms with Crippen molar-refractivity contribution in [1.82, 2.24) is 0 Å². The van der Waals surface area contributed by atoms with Crippen LogP contribution in [0.25, 0.3) is 0 Å². The van der Waals surface area contributed by atoms with Gasteiger partial charge < -0.3 is 4.99 Å². The Balaban J connectivity index is 3.25. The second-order valence-electron chi connectivity index (χ2n) is 3.14. The average Bonchev–Trinajstić information content (AvgIpc) is 1.63. The van der Waals surface area contributed by atoms with Crippen molar-refractivity contribution in [3.05, 3.63) is 0 Å². The Morgan fingerprint density at radius 2 is 1.89 bits per heavy atom. The van der Waals surface area contributed by atoms with Crippen LogP contribution < -0.4 is 0 Å². The van der Waals surface area contributed by atoms with Gasteiger partial charge in [-0.25, -0.2) is 0 Å². The van der Waals surface area contributed by atoms with Gasteiger partial charge in [-0.3, -0.25) is 0 Å². The van der Waals surface area contributed by atoms with Gasteiger partial charge >= 0.3 is 0 Å². The van der Waals surface area contributed by atoms with Gasteiger partial charge in [0.2, 0.25) is 0 Å². The summed E-state index contributed by atoms with van der Waals surface area (Å²) >= 11 is 0. The minimum Gasteiger partial charge on any atom is -0.301 e. The highest BCUT2D eigenvalue weighted by Gasteiger charge is 2.01. The zero-order valence-electron chi connectivity index (χ0n) is 6.72. The van der Waals surface area contributed by atoms with Crippen LogP contribution in [0.2, 0.25) is 0 Å². The fourth-order valence-electron chi connectivity index (χ4n) is 1.10. The molecule has 0 aromatic rings. The lowest BCUT2D eigenvalue weighted by atomic mass is 9.99. The molecule has 1 unspecified atom stereocenters. The van der Waals surface area contributed by atoms with Crippen LogP contribution in [0.5, 0.6) is 0 Å². The number of hydrogen-bond donors (Lipinski definition) is 0. The molecule has 54 valence electrons. The molecule has 0 saturated carbocycles. The van der Waals surface area contributed by atoms with Crippen molar-refractivity contribution in [2.45, 2.75) is 27.2 Å². The largest absolute Gasteiger partial charge is 0.301 e. The van der Waals surface area contributed by atoms with Crippen molar-refractivity contribution in [1.29, 1.82) is 0 Å². The van der Waals surface area contributed by atoms with Crippen molar-refractivity contribution in [3.63, 3.8) is 0 Å². The Hall–Kier alpha value is -0.330. The van der Waals surface area contributed by atoms with E-state index in [4.69, 9.17) is 0 Å². The first-order chi connectivity index (χ1) is 4.16. The van der Waals surface area contributed by atoms with E-state index in [0.29, 0.717) is 5.92 Å². The van der Waals surface area contributed by atoms with Crippen LogP contribution in [0, 0.1) is 11.8 Å². The second kappa shape index (κ2) is 4.54. The summed E-state index contributed by atoms with van der Waals surface area (Å²) in [6.45, 7) is 11.1. The molecule has 9 heavy (non-hydrogen) atoms. The van der Waals surface area contributed by atoms with Gasteiger partial charge in [-0.1, -0.05) is 20.8 Å². The highest BCUT2D eigenvalue weighted by molar-refractivity contribution is 5.23. The Bertz CT molecular complexity index is 76.6. The molecular weight excluding hydrogens is 110 g/mol. The Kier molecular flexibility index (Phi) is 4.37. The lowest BCUT2D eigenvalue weighted by Crippen LogP contribution is -2.02. The van der Waals surface area contributed by atoms with Crippen LogP contribution >= 0.6 is 0 Å². The first-order valence-corrected chi connectivity index (χ1v) is 3.59. The normalized spacial score (nSPS) is 13.8. The van der Waals surface area contributed by atoms with E-state index in [1.54, 1.807) is 0 Å². The molecule has 0 saturated heterocycles. The SMILES string of the molecule is C=NCC(C)CC(C)C. The summed E-state index contributed by atoms with van der Waals surface area (Å²) in [5, 5.41) is 0. The van der Waals surface area contributed by atoms with Gasteiger partial charge in [0.1, 0.15) is 0 Å². The number of nitrogens with zero attached hydrogens (tertiary/aromatic N) is 1. The molecular formula is C8H17N. The minimum atomic E-state index is 0.711. The second-order valence-corrected chi connectivity index (χ2v) is 3.14. The summed E-state index contributed by atoms with van der Waals surface area (Å²) in [6, 6.07) is 0. The van der Waals surface area contributed by atoms with E-state index in [9.17, 15) is 0 Å². The van der Waals surface area contributed by atoms with Gasteiger partial charge in [0.05, 0.1) is 0 Å². The first kappa shape index (κ1) is 8.67. The van der Waals surface area contributed by atoms with E-state index >= 15 is 0 Å². The van der Waals surface area contributed by atoms with Crippen LogP contribution in [0.4, 0.5) is 0 Å². The quantitative estimate of drug-likeness (QED) is 0.514. The van der Waals surface area contributed by atoms with Gasteiger partial charge in [-0.15, -0.1) is 0 Å². The molecule has 0 amide bonds. The van der Waals surface area contributed by atoms with E-state index < -0.39 is 0 Å². The number of aliphatic imine (C=N–C) groups is 1. The number of hydrogen-bond acceptors (Lipinski definition) is 1. The summed E-state index contributed by atoms with van der Waals surface area (Å²) < 4.78 is 0. The minimum absolute atomic E-state index is 0.711. The zero-order chi connectivity index (χ0) is 7.28. The fourth-order valence-corrected chi connectivity index (χ4v) is 1.10. The topological polar surface area (TPSA) is 12.4 Å². The Morgan fingerprint density at radius 1 is 1.33 bits per heavy atom. The van der Waals surface area contributed by atoms with Crippen LogP contribution in [0.1, 0.15) is 27.2 Å². The third-order valence-corrected chi connectivity index (χ3v) is 1.31. The Labute approximate surface area is 58.2 Å². The van der Waals surface area contributed by atoms with Crippen molar-refractivity contribution in [2.75, 3.05) is 6.54 Å². The lowest BCUT2D eigenvalue weighted by Gasteiger charge is -2.09. The zero-order valence-corrected chi connectivity index (χ0v) is 6.72. The molecule has 0 spiro atoms. The van der Waals surface area contributed by atoms with E-state index in [2.05, 4.69) is 32.5 Å². The van der Waals surface area contributed by atoms with Crippen molar-refractivity contribution in [3.8, 4) is 0 Å². The van der Waals surface area contributed by atoms with E-state index in [0.717, 1.165) is 12.5 Å². The summed E-state index contributed by atoms with van der Waals surface area (Å²) in [6.07, 6.45) is 1.26. The maximum atomic E-state index is 3.84. The summed E-state index contributed by atoms with van der Waals surface area (Å²) in [5.74, 6) is 1.50. The van der Waals surface area contributed by atoms with Gasteiger partial charge in [-0.2, -0.15) is 0 Å². The van der Waals surface area contributed by atoms with Gasteiger partial charge in [-0.05, 0) is 25.0 Å². The molecule has 1 heteroatoms. The molecule has 0 rings (SSSR count). The van der Waals surface area contributed by atoms with Gasteiger partial charge in [0, 0.05) is 6.54 Å².